The van der Waals surface area contributed by atoms with E-state index in [-0.39, 0.29) is 18.4 Å². The number of rotatable bonds is 6. The molecule has 0 atom stereocenters. The van der Waals surface area contributed by atoms with Gasteiger partial charge in [-0.3, -0.25) is 9.59 Å². The van der Waals surface area contributed by atoms with E-state index in [1.165, 1.54) is 0 Å². The lowest BCUT2D eigenvalue weighted by atomic mass is 10.1. The van der Waals surface area contributed by atoms with Crippen molar-refractivity contribution in [3.05, 3.63) is 28.2 Å². The average molecular weight is 330 g/mol. The molecule has 0 aliphatic rings. The Morgan fingerprint density at radius 3 is 2.74 bits per heavy atom. The Morgan fingerprint density at radius 2 is 2.11 bits per heavy atom. The van der Waals surface area contributed by atoms with Crippen molar-refractivity contribution in [3.63, 3.8) is 0 Å². The molecule has 0 heterocycles. The first-order valence-electron chi connectivity index (χ1n) is 5.63. The van der Waals surface area contributed by atoms with Gasteiger partial charge in [-0.15, -0.1) is 0 Å². The summed E-state index contributed by atoms with van der Waals surface area (Å²) in [6.45, 7) is 0.739. The standard InChI is InChI=1S/C12H16BrN3O3/c1-19-5-4-15-11(17)7-16-12(18)9-3-2-8(13)6-10(9)14/h2-3,6H,4-5,7,14H2,1H3,(H,15,17)(H,16,18). The molecule has 4 N–H and O–H groups in total. The number of methoxy groups -OCH3 is 1. The van der Waals surface area contributed by atoms with Crippen LogP contribution in [0.15, 0.2) is 22.7 Å². The van der Waals surface area contributed by atoms with E-state index >= 15 is 0 Å². The second-order valence-electron chi connectivity index (χ2n) is 3.76. The number of nitrogen functional groups attached to an aromatic ring is 1. The van der Waals surface area contributed by atoms with Crippen molar-refractivity contribution in [2.45, 2.75) is 0 Å². The molecule has 6 nitrogen and oxygen atoms in total. The lowest BCUT2D eigenvalue weighted by Crippen LogP contribution is -2.38. The van der Waals surface area contributed by atoms with Gasteiger partial charge < -0.3 is 21.1 Å². The number of hydrogen-bond acceptors (Lipinski definition) is 4. The number of anilines is 1. The van der Waals surface area contributed by atoms with Crippen LogP contribution in [0.25, 0.3) is 0 Å². The van der Waals surface area contributed by atoms with Gasteiger partial charge in [-0.2, -0.15) is 0 Å². The molecule has 0 aliphatic heterocycles. The first-order chi connectivity index (χ1) is 9.04. The number of amides is 2. The molecule has 0 aromatic heterocycles. The van der Waals surface area contributed by atoms with E-state index in [0.29, 0.717) is 24.4 Å². The monoisotopic (exact) mass is 329 g/mol. The quantitative estimate of drug-likeness (QED) is 0.524. The third-order valence-corrected chi connectivity index (χ3v) is 2.79. The SMILES string of the molecule is COCCNC(=O)CNC(=O)c1ccc(Br)cc1N. The molecule has 19 heavy (non-hydrogen) atoms. The Kier molecular flexibility index (Phi) is 6.31. The molecule has 0 saturated carbocycles. The number of halogens is 1. The van der Waals surface area contributed by atoms with Crippen molar-refractivity contribution < 1.29 is 14.3 Å². The smallest absolute Gasteiger partial charge is 0.253 e. The van der Waals surface area contributed by atoms with Crippen LogP contribution in [0.5, 0.6) is 0 Å². The largest absolute Gasteiger partial charge is 0.398 e. The predicted molar refractivity (Wildman–Crippen MR) is 75.8 cm³/mol. The number of carbonyl (C=O) groups excluding carboxylic acids is 2. The number of ether oxygens (including phenoxy) is 1. The van der Waals surface area contributed by atoms with Gasteiger partial charge in [0.05, 0.1) is 18.7 Å². The Bertz CT molecular complexity index is 466. The van der Waals surface area contributed by atoms with Crippen molar-refractivity contribution in [1.82, 2.24) is 10.6 Å². The van der Waals surface area contributed by atoms with Gasteiger partial charge in [-0.25, -0.2) is 0 Å². The van der Waals surface area contributed by atoms with E-state index in [4.69, 9.17) is 10.5 Å². The van der Waals surface area contributed by atoms with Gasteiger partial charge in [0.1, 0.15) is 0 Å². The molecule has 1 rings (SSSR count). The summed E-state index contributed by atoms with van der Waals surface area (Å²) < 4.78 is 5.58. The zero-order chi connectivity index (χ0) is 14.3. The van der Waals surface area contributed by atoms with E-state index < -0.39 is 0 Å². The molecule has 104 valence electrons. The summed E-state index contributed by atoms with van der Waals surface area (Å²) in [4.78, 5) is 23.2. The van der Waals surface area contributed by atoms with Crippen LogP contribution < -0.4 is 16.4 Å². The van der Waals surface area contributed by atoms with E-state index in [1.807, 2.05) is 0 Å². The van der Waals surface area contributed by atoms with Gasteiger partial charge in [0.2, 0.25) is 5.91 Å². The third-order valence-electron chi connectivity index (χ3n) is 2.30. The molecular formula is C12H16BrN3O3. The first-order valence-corrected chi connectivity index (χ1v) is 6.42. The van der Waals surface area contributed by atoms with Crippen LogP contribution in [0.2, 0.25) is 0 Å². The highest BCUT2D eigenvalue weighted by atomic mass is 79.9. The minimum absolute atomic E-state index is 0.0992. The highest BCUT2D eigenvalue weighted by Crippen LogP contribution is 2.18. The Hall–Kier alpha value is -1.60. The van der Waals surface area contributed by atoms with Gasteiger partial charge in [-0.05, 0) is 18.2 Å². The van der Waals surface area contributed by atoms with Gasteiger partial charge in [0.15, 0.2) is 0 Å². The lowest BCUT2D eigenvalue weighted by molar-refractivity contribution is -0.120. The molecule has 0 unspecified atom stereocenters. The second kappa shape index (κ2) is 7.75. The second-order valence-corrected chi connectivity index (χ2v) is 4.67. The maximum atomic E-state index is 11.8. The van der Waals surface area contributed by atoms with Crippen LogP contribution in [0.1, 0.15) is 10.4 Å². The van der Waals surface area contributed by atoms with Crippen molar-refractivity contribution in [2.24, 2.45) is 0 Å². The average Bonchev–Trinajstić information content (AvgIpc) is 2.36. The van der Waals surface area contributed by atoms with E-state index in [9.17, 15) is 9.59 Å². The number of benzene rings is 1. The minimum atomic E-state index is -0.383. The van der Waals surface area contributed by atoms with Gasteiger partial charge in [0.25, 0.3) is 5.91 Å². The fraction of sp³-hybridized carbons (Fsp3) is 0.333. The Balaban J connectivity index is 2.45. The van der Waals surface area contributed by atoms with Gasteiger partial charge >= 0.3 is 0 Å². The van der Waals surface area contributed by atoms with E-state index in [2.05, 4.69) is 26.6 Å². The highest BCUT2D eigenvalue weighted by Gasteiger charge is 2.11. The van der Waals surface area contributed by atoms with Crippen LogP contribution in [-0.4, -0.2) is 38.6 Å². The topological polar surface area (TPSA) is 93.5 Å². The fourth-order valence-electron chi connectivity index (χ4n) is 1.35. The van der Waals surface area contributed by atoms with Gasteiger partial charge in [-0.1, -0.05) is 15.9 Å². The molecule has 0 bridgehead atoms. The summed E-state index contributed by atoms with van der Waals surface area (Å²) in [6.07, 6.45) is 0. The third kappa shape index (κ3) is 5.27. The summed E-state index contributed by atoms with van der Waals surface area (Å²) >= 11 is 3.26. The van der Waals surface area contributed by atoms with E-state index in [0.717, 1.165) is 4.47 Å². The molecule has 1 aromatic carbocycles. The molecule has 0 spiro atoms. The minimum Gasteiger partial charge on any atom is -0.398 e. The fourth-order valence-corrected chi connectivity index (χ4v) is 1.73. The molecule has 0 fully saturated rings. The summed E-state index contributed by atoms with van der Waals surface area (Å²) in [5, 5.41) is 5.10. The highest BCUT2D eigenvalue weighted by molar-refractivity contribution is 9.10. The van der Waals surface area contributed by atoms with Crippen LogP contribution in [-0.2, 0) is 9.53 Å². The van der Waals surface area contributed by atoms with Crippen LogP contribution in [0.3, 0.4) is 0 Å². The Morgan fingerprint density at radius 1 is 1.37 bits per heavy atom. The lowest BCUT2D eigenvalue weighted by Gasteiger charge is -2.08. The number of nitrogens with one attached hydrogen (secondary N) is 2. The molecule has 2 amide bonds. The Labute approximate surface area is 119 Å². The maximum absolute atomic E-state index is 11.8. The summed E-state index contributed by atoms with van der Waals surface area (Å²) in [5.41, 5.74) is 6.41. The van der Waals surface area contributed by atoms with Crippen LogP contribution >= 0.6 is 15.9 Å². The molecule has 1 aromatic rings. The molecule has 0 saturated heterocycles. The van der Waals surface area contributed by atoms with Crippen molar-refractivity contribution >= 4 is 33.4 Å². The molecular weight excluding hydrogens is 314 g/mol. The molecule has 0 aliphatic carbocycles. The van der Waals surface area contributed by atoms with Crippen molar-refractivity contribution in [1.29, 1.82) is 0 Å². The van der Waals surface area contributed by atoms with Crippen molar-refractivity contribution in [3.8, 4) is 0 Å². The molecule has 0 radical (unpaired) electrons. The van der Waals surface area contributed by atoms with Gasteiger partial charge in [0, 0.05) is 23.8 Å². The van der Waals surface area contributed by atoms with Crippen LogP contribution in [0.4, 0.5) is 5.69 Å². The normalized spacial score (nSPS) is 10.0. The number of carbonyl (C=O) groups is 2. The summed E-state index contributed by atoms with van der Waals surface area (Å²) in [6, 6.07) is 4.94. The van der Waals surface area contributed by atoms with Crippen LogP contribution in [0, 0.1) is 0 Å². The van der Waals surface area contributed by atoms with E-state index in [1.54, 1.807) is 25.3 Å². The zero-order valence-corrected chi connectivity index (χ0v) is 12.1. The number of nitrogens with two attached hydrogens (primary N) is 1. The zero-order valence-electron chi connectivity index (χ0n) is 10.5. The summed E-state index contributed by atoms with van der Waals surface area (Å²) in [5.74, 6) is -0.659. The maximum Gasteiger partial charge on any atom is 0.253 e. The van der Waals surface area contributed by atoms with Crippen molar-refractivity contribution in [2.75, 3.05) is 32.5 Å². The first kappa shape index (κ1) is 15.5. The predicted octanol–water partition coefficient (Wildman–Crippen LogP) is 0.524. The molecule has 7 heteroatoms. The number of hydrogen-bond donors (Lipinski definition) is 3. The summed E-state index contributed by atoms with van der Waals surface area (Å²) in [7, 11) is 1.55.